The largest absolute Gasteiger partial charge is 0.356 e. The SMILES string of the molecule is CC(=O)Nc1ccc(CC(=O)NCCC(C)C)cc1. The fourth-order valence-electron chi connectivity index (χ4n) is 1.66. The Balaban J connectivity index is 2.40. The second-order valence-electron chi connectivity index (χ2n) is 5.09. The maximum atomic E-state index is 11.7. The van der Waals surface area contributed by atoms with Crippen LogP contribution < -0.4 is 10.6 Å². The summed E-state index contributed by atoms with van der Waals surface area (Å²) in [5.41, 5.74) is 1.69. The lowest BCUT2D eigenvalue weighted by Crippen LogP contribution is -2.26. The van der Waals surface area contributed by atoms with Crippen molar-refractivity contribution in [2.75, 3.05) is 11.9 Å². The summed E-state index contributed by atoms with van der Waals surface area (Å²) in [6.07, 6.45) is 1.37. The molecular formula is C15H22N2O2. The highest BCUT2D eigenvalue weighted by molar-refractivity contribution is 5.88. The highest BCUT2D eigenvalue weighted by Gasteiger charge is 2.04. The van der Waals surface area contributed by atoms with Crippen LogP contribution in [0.1, 0.15) is 32.8 Å². The third kappa shape index (κ3) is 6.60. The number of hydrogen-bond acceptors (Lipinski definition) is 2. The third-order valence-electron chi connectivity index (χ3n) is 2.68. The van der Waals surface area contributed by atoms with E-state index in [1.165, 1.54) is 6.92 Å². The molecule has 0 bridgehead atoms. The van der Waals surface area contributed by atoms with E-state index in [-0.39, 0.29) is 11.8 Å². The Morgan fingerprint density at radius 2 is 1.79 bits per heavy atom. The monoisotopic (exact) mass is 262 g/mol. The van der Waals surface area contributed by atoms with Gasteiger partial charge < -0.3 is 10.6 Å². The van der Waals surface area contributed by atoms with Crippen molar-refractivity contribution < 1.29 is 9.59 Å². The minimum atomic E-state index is -0.0980. The van der Waals surface area contributed by atoms with Crippen LogP contribution in [0.25, 0.3) is 0 Å². The van der Waals surface area contributed by atoms with Crippen LogP contribution >= 0.6 is 0 Å². The maximum Gasteiger partial charge on any atom is 0.224 e. The molecule has 0 atom stereocenters. The standard InChI is InChI=1S/C15H22N2O2/c1-11(2)8-9-16-15(19)10-13-4-6-14(7-5-13)17-12(3)18/h4-7,11H,8-10H2,1-3H3,(H,16,19)(H,17,18). The quantitative estimate of drug-likeness (QED) is 0.826. The fourth-order valence-corrected chi connectivity index (χ4v) is 1.66. The number of carbonyl (C=O) groups excluding carboxylic acids is 2. The molecule has 0 aliphatic heterocycles. The number of rotatable bonds is 6. The van der Waals surface area contributed by atoms with Gasteiger partial charge in [-0.2, -0.15) is 0 Å². The summed E-state index contributed by atoms with van der Waals surface area (Å²) in [5, 5.41) is 5.59. The first-order valence-electron chi connectivity index (χ1n) is 6.60. The van der Waals surface area contributed by atoms with E-state index in [4.69, 9.17) is 0 Å². The Morgan fingerprint density at radius 1 is 1.16 bits per heavy atom. The van der Waals surface area contributed by atoms with Gasteiger partial charge in [0.1, 0.15) is 0 Å². The molecule has 0 spiro atoms. The molecule has 0 saturated heterocycles. The molecule has 104 valence electrons. The number of carbonyl (C=O) groups is 2. The summed E-state index contributed by atoms with van der Waals surface area (Å²) in [6.45, 7) is 6.45. The molecule has 19 heavy (non-hydrogen) atoms. The Kier molecular flexibility index (Phi) is 6.06. The number of hydrogen-bond donors (Lipinski definition) is 2. The molecule has 0 aliphatic carbocycles. The van der Waals surface area contributed by atoms with E-state index in [0.29, 0.717) is 12.3 Å². The Morgan fingerprint density at radius 3 is 2.32 bits per heavy atom. The van der Waals surface area contributed by atoms with Gasteiger partial charge in [0.15, 0.2) is 0 Å². The zero-order valence-electron chi connectivity index (χ0n) is 11.8. The van der Waals surface area contributed by atoms with E-state index in [0.717, 1.165) is 24.2 Å². The summed E-state index contributed by atoms with van der Waals surface area (Å²) < 4.78 is 0. The Bertz CT molecular complexity index is 424. The minimum absolute atomic E-state index is 0.0351. The molecule has 1 aromatic carbocycles. The van der Waals surface area contributed by atoms with Crippen LogP contribution in [0.4, 0.5) is 5.69 Å². The highest BCUT2D eigenvalue weighted by Crippen LogP contribution is 2.10. The highest BCUT2D eigenvalue weighted by atomic mass is 16.2. The van der Waals surface area contributed by atoms with E-state index in [1.54, 1.807) is 12.1 Å². The van der Waals surface area contributed by atoms with Gasteiger partial charge in [-0.15, -0.1) is 0 Å². The third-order valence-corrected chi connectivity index (χ3v) is 2.68. The molecule has 2 N–H and O–H groups in total. The van der Waals surface area contributed by atoms with Gasteiger partial charge >= 0.3 is 0 Å². The zero-order chi connectivity index (χ0) is 14.3. The topological polar surface area (TPSA) is 58.2 Å². The molecule has 0 aromatic heterocycles. The second kappa shape index (κ2) is 7.56. The van der Waals surface area contributed by atoms with Crippen molar-refractivity contribution in [1.29, 1.82) is 0 Å². The second-order valence-corrected chi connectivity index (χ2v) is 5.09. The van der Waals surface area contributed by atoms with E-state index in [2.05, 4.69) is 24.5 Å². The normalized spacial score (nSPS) is 10.3. The molecule has 1 aromatic rings. The first kappa shape index (κ1) is 15.2. The summed E-state index contributed by atoms with van der Waals surface area (Å²) >= 11 is 0. The summed E-state index contributed by atoms with van der Waals surface area (Å²) in [6, 6.07) is 7.32. The van der Waals surface area contributed by atoms with Crippen LogP contribution in [0.2, 0.25) is 0 Å². The van der Waals surface area contributed by atoms with Gasteiger partial charge in [-0.1, -0.05) is 26.0 Å². The van der Waals surface area contributed by atoms with Crippen molar-refractivity contribution in [2.24, 2.45) is 5.92 Å². The van der Waals surface area contributed by atoms with Crippen molar-refractivity contribution in [3.05, 3.63) is 29.8 Å². The molecule has 4 nitrogen and oxygen atoms in total. The summed E-state index contributed by atoms with van der Waals surface area (Å²) in [7, 11) is 0. The van der Waals surface area contributed by atoms with Gasteiger partial charge in [0.05, 0.1) is 6.42 Å². The first-order chi connectivity index (χ1) is 8.97. The van der Waals surface area contributed by atoms with E-state index < -0.39 is 0 Å². The van der Waals surface area contributed by atoms with Crippen LogP contribution in [0, 0.1) is 5.92 Å². The van der Waals surface area contributed by atoms with E-state index >= 15 is 0 Å². The van der Waals surface area contributed by atoms with E-state index in [9.17, 15) is 9.59 Å². The molecule has 0 radical (unpaired) electrons. The molecular weight excluding hydrogens is 240 g/mol. The number of nitrogens with one attached hydrogen (secondary N) is 2. The predicted molar refractivity (Wildman–Crippen MR) is 76.9 cm³/mol. The number of anilines is 1. The Labute approximate surface area is 114 Å². The molecule has 0 saturated carbocycles. The minimum Gasteiger partial charge on any atom is -0.356 e. The lowest BCUT2D eigenvalue weighted by atomic mass is 10.1. The van der Waals surface area contributed by atoms with Crippen LogP contribution in [0.3, 0.4) is 0 Å². The summed E-state index contributed by atoms with van der Waals surface area (Å²) in [5.74, 6) is 0.532. The number of benzene rings is 1. The molecule has 0 aliphatic rings. The van der Waals surface area contributed by atoms with Gasteiger partial charge in [-0.05, 0) is 30.0 Å². The van der Waals surface area contributed by atoms with Gasteiger partial charge in [0.25, 0.3) is 0 Å². The average molecular weight is 262 g/mol. The lowest BCUT2D eigenvalue weighted by molar-refractivity contribution is -0.120. The molecule has 1 rings (SSSR count). The first-order valence-corrected chi connectivity index (χ1v) is 6.60. The van der Waals surface area contributed by atoms with Crippen molar-refractivity contribution in [3.8, 4) is 0 Å². The van der Waals surface area contributed by atoms with Crippen LogP contribution in [0.15, 0.2) is 24.3 Å². The zero-order valence-corrected chi connectivity index (χ0v) is 11.8. The van der Waals surface area contributed by atoms with Crippen molar-refractivity contribution in [1.82, 2.24) is 5.32 Å². The van der Waals surface area contributed by atoms with Crippen LogP contribution in [-0.4, -0.2) is 18.4 Å². The lowest BCUT2D eigenvalue weighted by Gasteiger charge is -2.08. The fraction of sp³-hybridized carbons (Fsp3) is 0.467. The smallest absolute Gasteiger partial charge is 0.224 e. The van der Waals surface area contributed by atoms with Gasteiger partial charge in [-0.3, -0.25) is 9.59 Å². The molecule has 2 amide bonds. The van der Waals surface area contributed by atoms with Gasteiger partial charge in [0, 0.05) is 19.2 Å². The predicted octanol–water partition coefficient (Wildman–Crippen LogP) is 2.35. The van der Waals surface area contributed by atoms with Gasteiger partial charge in [-0.25, -0.2) is 0 Å². The van der Waals surface area contributed by atoms with Crippen molar-refractivity contribution >= 4 is 17.5 Å². The average Bonchev–Trinajstić information content (AvgIpc) is 2.30. The van der Waals surface area contributed by atoms with Crippen LogP contribution in [0.5, 0.6) is 0 Å². The number of amides is 2. The summed E-state index contributed by atoms with van der Waals surface area (Å²) in [4.78, 5) is 22.5. The maximum absolute atomic E-state index is 11.7. The van der Waals surface area contributed by atoms with Crippen LogP contribution in [-0.2, 0) is 16.0 Å². The van der Waals surface area contributed by atoms with Crippen molar-refractivity contribution in [3.63, 3.8) is 0 Å². The molecule has 0 heterocycles. The molecule has 0 fully saturated rings. The van der Waals surface area contributed by atoms with Crippen molar-refractivity contribution in [2.45, 2.75) is 33.6 Å². The Hall–Kier alpha value is -1.84. The van der Waals surface area contributed by atoms with Gasteiger partial charge in [0.2, 0.25) is 11.8 Å². The van der Waals surface area contributed by atoms with E-state index in [1.807, 2.05) is 12.1 Å². The molecule has 4 heteroatoms. The molecule has 0 unspecified atom stereocenters.